The molecular weight excluding hydrogens is 284 g/mol. The van der Waals surface area contributed by atoms with Crippen LogP contribution in [-0.2, 0) is 9.31 Å². The van der Waals surface area contributed by atoms with Crippen LogP contribution in [0.3, 0.4) is 0 Å². The maximum Gasteiger partial charge on any atom is 0.487 e. The maximum atomic E-state index is 6.12. The van der Waals surface area contributed by atoms with Crippen molar-refractivity contribution < 1.29 is 9.31 Å². The summed E-state index contributed by atoms with van der Waals surface area (Å²) in [6.07, 6.45) is 9.28. The second-order valence-corrected chi connectivity index (χ2v) is 6.50. The van der Waals surface area contributed by atoms with Crippen LogP contribution in [0.1, 0.15) is 34.6 Å². The van der Waals surface area contributed by atoms with Crippen molar-refractivity contribution in [3.63, 3.8) is 0 Å². The molecule has 0 unspecified atom stereocenters. The fourth-order valence-corrected chi connectivity index (χ4v) is 2.39. The predicted molar refractivity (Wildman–Crippen MR) is 88.3 cm³/mol. The Morgan fingerprint density at radius 1 is 1.14 bits per heavy atom. The number of pyridine rings is 1. The minimum absolute atomic E-state index is 0.317. The summed E-state index contributed by atoms with van der Waals surface area (Å²) in [5.74, 6) is 1.90. The lowest BCUT2D eigenvalue weighted by Gasteiger charge is -2.32. The van der Waals surface area contributed by atoms with Gasteiger partial charge in [-0.15, -0.1) is 0 Å². The maximum absolute atomic E-state index is 6.12. The Kier molecular flexibility index (Phi) is 4.62. The molecular formula is C16H21BClNO2. The third-order valence-electron chi connectivity index (χ3n) is 4.07. The van der Waals surface area contributed by atoms with Crippen LogP contribution in [0.2, 0.25) is 5.02 Å². The summed E-state index contributed by atoms with van der Waals surface area (Å²) in [7, 11) is -0.340. The number of halogens is 1. The molecule has 0 N–H and O–H groups in total. The molecule has 0 atom stereocenters. The second-order valence-electron chi connectivity index (χ2n) is 6.09. The van der Waals surface area contributed by atoms with E-state index < -0.39 is 0 Å². The third-order valence-corrected chi connectivity index (χ3v) is 4.38. The molecule has 1 aliphatic rings. The Morgan fingerprint density at radius 2 is 1.76 bits per heavy atom. The van der Waals surface area contributed by atoms with Crippen LogP contribution in [0.15, 0.2) is 24.4 Å². The van der Waals surface area contributed by atoms with Gasteiger partial charge in [0.05, 0.1) is 16.2 Å². The van der Waals surface area contributed by atoms with Crippen molar-refractivity contribution in [1.82, 2.24) is 4.98 Å². The van der Waals surface area contributed by atoms with Gasteiger partial charge in [0.15, 0.2) is 0 Å². The third kappa shape index (κ3) is 3.39. The summed E-state index contributed by atoms with van der Waals surface area (Å²) in [6.45, 7) is 10.1. The number of aromatic nitrogens is 1. The number of rotatable bonds is 2. The van der Waals surface area contributed by atoms with Crippen LogP contribution < -0.4 is 10.4 Å². The topological polar surface area (TPSA) is 31.4 Å². The fourth-order valence-electron chi connectivity index (χ4n) is 2.11. The van der Waals surface area contributed by atoms with Crippen molar-refractivity contribution in [2.75, 3.05) is 0 Å². The van der Waals surface area contributed by atoms with E-state index in [1.807, 2.05) is 58.8 Å². The number of allylic oxidation sites excluding steroid dienone is 1. The highest BCUT2D eigenvalue weighted by Gasteiger charge is 2.49. The fraction of sp³-hybridized carbons (Fsp3) is 0.438. The van der Waals surface area contributed by atoms with Crippen molar-refractivity contribution >= 4 is 30.9 Å². The molecule has 1 aromatic heterocycles. The van der Waals surface area contributed by atoms with Gasteiger partial charge in [-0.1, -0.05) is 35.8 Å². The zero-order valence-corrected chi connectivity index (χ0v) is 13.9. The number of hydrogen-bond acceptors (Lipinski definition) is 3. The van der Waals surface area contributed by atoms with Crippen molar-refractivity contribution in [3.8, 4) is 0 Å². The van der Waals surface area contributed by atoms with Gasteiger partial charge in [-0.3, -0.25) is 4.98 Å². The Labute approximate surface area is 131 Å². The first kappa shape index (κ1) is 16.3. The average molecular weight is 306 g/mol. The second kappa shape index (κ2) is 5.95. The summed E-state index contributed by atoms with van der Waals surface area (Å²) in [5.41, 5.74) is -0.635. The summed E-state index contributed by atoms with van der Waals surface area (Å²) in [4.78, 5) is 4.11. The van der Waals surface area contributed by atoms with Crippen LogP contribution in [0.5, 0.6) is 0 Å². The summed E-state index contributed by atoms with van der Waals surface area (Å²) >= 11 is 6.12. The molecule has 2 rings (SSSR count). The van der Waals surface area contributed by atoms with Crippen molar-refractivity contribution in [3.05, 3.63) is 39.9 Å². The van der Waals surface area contributed by atoms with E-state index in [1.54, 1.807) is 12.4 Å². The van der Waals surface area contributed by atoms with Gasteiger partial charge in [0, 0.05) is 17.6 Å². The van der Waals surface area contributed by atoms with E-state index in [1.165, 1.54) is 0 Å². The first-order chi connectivity index (χ1) is 9.77. The molecule has 1 saturated heterocycles. The SMILES string of the molecule is C/C=c1/c(Cl)cnc/c1=C/C=C/B1OC(C)(C)C(C)(C)O1. The molecule has 0 radical (unpaired) electrons. The Hall–Kier alpha value is -1.10. The van der Waals surface area contributed by atoms with Crippen LogP contribution in [0.25, 0.3) is 12.2 Å². The lowest BCUT2D eigenvalue weighted by Crippen LogP contribution is -2.41. The average Bonchev–Trinajstić information content (AvgIpc) is 2.58. The standard InChI is InChI=1S/C16H21BClNO2/c1-6-13-12(10-19-11-14(13)18)8-7-9-17-20-15(2,3)16(4,5)21-17/h6-11H,1-5H3/b9-7+,12-8-,13-6+. The minimum atomic E-state index is -0.340. The van der Waals surface area contributed by atoms with E-state index in [0.717, 1.165) is 10.4 Å². The van der Waals surface area contributed by atoms with Gasteiger partial charge < -0.3 is 9.31 Å². The van der Waals surface area contributed by atoms with Crippen molar-refractivity contribution in [1.29, 1.82) is 0 Å². The smallest absolute Gasteiger partial charge is 0.400 e. The lowest BCUT2D eigenvalue weighted by molar-refractivity contribution is 0.00578. The predicted octanol–water partition coefficient (Wildman–Crippen LogP) is 2.50. The molecule has 3 nitrogen and oxygen atoms in total. The van der Waals surface area contributed by atoms with Crippen LogP contribution in [0.4, 0.5) is 0 Å². The van der Waals surface area contributed by atoms with E-state index >= 15 is 0 Å². The van der Waals surface area contributed by atoms with Crippen molar-refractivity contribution in [2.45, 2.75) is 45.8 Å². The van der Waals surface area contributed by atoms with E-state index in [-0.39, 0.29) is 18.3 Å². The number of nitrogens with zero attached hydrogens (tertiary/aromatic N) is 1. The first-order valence-electron chi connectivity index (χ1n) is 7.07. The first-order valence-corrected chi connectivity index (χ1v) is 7.45. The highest BCUT2D eigenvalue weighted by molar-refractivity contribution is 6.51. The largest absolute Gasteiger partial charge is 0.487 e. The molecule has 0 amide bonds. The highest BCUT2D eigenvalue weighted by Crippen LogP contribution is 2.36. The van der Waals surface area contributed by atoms with Gasteiger partial charge in [0.2, 0.25) is 0 Å². The zero-order valence-electron chi connectivity index (χ0n) is 13.2. The molecule has 0 aliphatic carbocycles. The quantitative estimate of drug-likeness (QED) is 0.787. The highest BCUT2D eigenvalue weighted by atomic mass is 35.5. The van der Waals surface area contributed by atoms with Crippen LogP contribution >= 0.6 is 11.6 Å². The summed E-state index contributed by atoms with van der Waals surface area (Å²) in [6, 6.07) is 0. The minimum Gasteiger partial charge on any atom is -0.400 e. The molecule has 0 spiro atoms. The molecule has 2 heterocycles. The molecule has 0 aromatic carbocycles. The van der Waals surface area contributed by atoms with Crippen LogP contribution in [-0.4, -0.2) is 23.3 Å². The molecule has 112 valence electrons. The van der Waals surface area contributed by atoms with Gasteiger partial charge in [-0.25, -0.2) is 0 Å². The van der Waals surface area contributed by atoms with Crippen molar-refractivity contribution in [2.24, 2.45) is 0 Å². The van der Waals surface area contributed by atoms with Gasteiger partial charge in [-0.05, 0) is 39.8 Å². The molecule has 21 heavy (non-hydrogen) atoms. The van der Waals surface area contributed by atoms with Crippen LogP contribution in [0, 0.1) is 0 Å². The number of hydrogen-bond donors (Lipinski definition) is 0. The normalized spacial score (nSPS) is 22.5. The van der Waals surface area contributed by atoms with Gasteiger partial charge in [0.25, 0.3) is 0 Å². The van der Waals surface area contributed by atoms with Gasteiger partial charge in [0.1, 0.15) is 0 Å². The Morgan fingerprint density at radius 3 is 2.33 bits per heavy atom. The zero-order chi connectivity index (χ0) is 15.7. The van der Waals surface area contributed by atoms with Gasteiger partial charge in [-0.2, -0.15) is 0 Å². The molecule has 0 bridgehead atoms. The molecule has 5 heteroatoms. The summed E-state index contributed by atoms with van der Waals surface area (Å²) in [5, 5.41) is 2.60. The summed E-state index contributed by atoms with van der Waals surface area (Å²) < 4.78 is 11.8. The van der Waals surface area contributed by atoms with E-state index in [4.69, 9.17) is 20.9 Å². The molecule has 1 aromatic rings. The molecule has 1 aliphatic heterocycles. The lowest BCUT2D eigenvalue weighted by atomic mass is 9.90. The monoisotopic (exact) mass is 305 g/mol. The van der Waals surface area contributed by atoms with E-state index in [0.29, 0.717) is 5.02 Å². The Balaban J connectivity index is 2.22. The molecule has 0 saturated carbocycles. The van der Waals surface area contributed by atoms with E-state index in [9.17, 15) is 0 Å². The van der Waals surface area contributed by atoms with Gasteiger partial charge >= 0.3 is 7.12 Å². The molecule has 1 fully saturated rings. The Bertz CT molecular complexity index is 651. The van der Waals surface area contributed by atoms with E-state index in [2.05, 4.69) is 4.98 Å².